The van der Waals surface area contributed by atoms with Crippen LogP contribution in [-0.2, 0) is 16.4 Å². The van der Waals surface area contributed by atoms with Gasteiger partial charge in [0.05, 0.1) is 28.7 Å². The highest BCUT2D eigenvalue weighted by molar-refractivity contribution is 7.89. The third-order valence-corrected chi connectivity index (χ3v) is 5.24. The molecule has 2 atom stereocenters. The van der Waals surface area contributed by atoms with Crippen LogP contribution in [0.1, 0.15) is 22.7 Å². The molecular weight excluding hydrogens is 300 g/mol. The summed E-state index contributed by atoms with van der Waals surface area (Å²) in [6.07, 6.45) is -0.359. The van der Waals surface area contributed by atoms with E-state index in [4.69, 9.17) is 5.26 Å². The number of nitriles is 1. The Labute approximate surface area is 128 Å². The number of fused-ring (bicyclic) bond motifs is 1. The lowest BCUT2D eigenvalue weighted by Crippen LogP contribution is -2.33. The zero-order valence-corrected chi connectivity index (χ0v) is 12.4. The van der Waals surface area contributed by atoms with E-state index in [0.29, 0.717) is 12.0 Å². The highest BCUT2D eigenvalue weighted by Gasteiger charge is 2.34. The Morgan fingerprint density at radius 1 is 1.14 bits per heavy atom. The molecule has 0 radical (unpaired) electrons. The fraction of sp³-hybridized carbons (Fsp3) is 0.188. The summed E-state index contributed by atoms with van der Waals surface area (Å²) in [5.74, 6) is 0. The zero-order valence-electron chi connectivity index (χ0n) is 11.6. The first kappa shape index (κ1) is 14.7. The van der Waals surface area contributed by atoms with E-state index in [1.807, 2.05) is 30.3 Å². The van der Waals surface area contributed by atoms with Gasteiger partial charge in [0, 0.05) is 6.42 Å². The Morgan fingerprint density at radius 2 is 1.82 bits per heavy atom. The Hall–Kier alpha value is -2.20. The van der Waals surface area contributed by atoms with Gasteiger partial charge in [0.2, 0.25) is 10.0 Å². The van der Waals surface area contributed by atoms with Crippen molar-refractivity contribution in [1.29, 1.82) is 5.26 Å². The summed E-state index contributed by atoms with van der Waals surface area (Å²) >= 11 is 0. The number of aliphatic hydroxyl groups is 1. The predicted molar refractivity (Wildman–Crippen MR) is 80.4 cm³/mol. The van der Waals surface area contributed by atoms with Crippen molar-refractivity contribution in [3.8, 4) is 6.07 Å². The Kier molecular flexibility index (Phi) is 3.71. The lowest BCUT2D eigenvalue weighted by Gasteiger charge is -2.18. The van der Waals surface area contributed by atoms with Gasteiger partial charge in [-0.3, -0.25) is 0 Å². The maximum Gasteiger partial charge on any atom is 0.241 e. The Bertz CT molecular complexity index is 838. The molecule has 2 aromatic rings. The number of benzene rings is 2. The second-order valence-electron chi connectivity index (χ2n) is 5.21. The quantitative estimate of drug-likeness (QED) is 0.898. The molecule has 0 aliphatic heterocycles. The molecular formula is C16H14N2O3S. The fourth-order valence-electron chi connectivity index (χ4n) is 2.66. The van der Waals surface area contributed by atoms with Crippen LogP contribution in [0, 0.1) is 11.3 Å². The SMILES string of the molecule is N#Cc1ccc(S(=O)(=O)NC2c3ccccc3CC2O)cc1. The summed E-state index contributed by atoms with van der Waals surface area (Å²) in [5.41, 5.74) is 2.14. The van der Waals surface area contributed by atoms with Gasteiger partial charge in [-0.05, 0) is 35.4 Å². The maximum atomic E-state index is 12.4. The van der Waals surface area contributed by atoms with Crippen molar-refractivity contribution in [2.45, 2.75) is 23.5 Å². The van der Waals surface area contributed by atoms with Crippen LogP contribution in [0.3, 0.4) is 0 Å². The summed E-state index contributed by atoms with van der Waals surface area (Å²) in [6.45, 7) is 0. The molecule has 22 heavy (non-hydrogen) atoms. The van der Waals surface area contributed by atoms with Crippen molar-refractivity contribution < 1.29 is 13.5 Å². The van der Waals surface area contributed by atoms with Crippen LogP contribution in [0.4, 0.5) is 0 Å². The lowest BCUT2D eigenvalue weighted by molar-refractivity contribution is 0.151. The molecule has 0 saturated heterocycles. The molecule has 112 valence electrons. The number of aliphatic hydroxyl groups excluding tert-OH is 1. The normalized spacial score (nSPS) is 20.4. The molecule has 0 amide bonds. The van der Waals surface area contributed by atoms with Gasteiger partial charge < -0.3 is 5.11 Å². The van der Waals surface area contributed by atoms with E-state index in [1.165, 1.54) is 24.3 Å². The van der Waals surface area contributed by atoms with Crippen molar-refractivity contribution in [2.75, 3.05) is 0 Å². The molecule has 2 unspecified atom stereocenters. The Balaban J connectivity index is 1.90. The van der Waals surface area contributed by atoms with E-state index in [2.05, 4.69) is 4.72 Å². The predicted octanol–water partition coefficient (Wildman–Crippen LogP) is 1.49. The van der Waals surface area contributed by atoms with Crippen molar-refractivity contribution in [2.24, 2.45) is 0 Å². The molecule has 0 heterocycles. The number of sulfonamides is 1. The van der Waals surface area contributed by atoms with Gasteiger partial charge in [0.1, 0.15) is 0 Å². The molecule has 1 aliphatic rings. The van der Waals surface area contributed by atoms with Crippen LogP contribution < -0.4 is 4.72 Å². The number of hydrogen-bond acceptors (Lipinski definition) is 4. The third kappa shape index (κ3) is 2.62. The van der Waals surface area contributed by atoms with Gasteiger partial charge in [0.15, 0.2) is 0 Å². The van der Waals surface area contributed by atoms with Gasteiger partial charge in [-0.15, -0.1) is 0 Å². The fourth-order valence-corrected chi connectivity index (χ4v) is 3.91. The molecule has 2 aromatic carbocycles. The van der Waals surface area contributed by atoms with Crippen LogP contribution in [0.5, 0.6) is 0 Å². The van der Waals surface area contributed by atoms with E-state index in [0.717, 1.165) is 11.1 Å². The maximum absolute atomic E-state index is 12.4. The van der Waals surface area contributed by atoms with E-state index >= 15 is 0 Å². The third-order valence-electron chi connectivity index (χ3n) is 3.78. The second kappa shape index (κ2) is 5.54. The van der Waals surface area contributed by atoms with Crippen LogP contribution in [0.2, 0.25) is 0 Å². The van der Waals surface area contributed by atoms with E-state index in [9.17, 15) is 13.5 Å². The molecule has 0 bridgehead atoms. The molecule has 3 rings (SSSR count). The van der Waals surface area contributed by atoms with E-state index in [-0.39, 0.29) is 4.90 Å². The highest BCUT2D eigenvalue weighted by atomic mass is 32.2. The van der Waals surface area contributed by atoms with E-state index in [1.54, 1.807) is 0 Å². The second-order valence-corrected chi connectivity index (χ2v) is 6.92. The van der Waals surface area contributed by atoms with Crippen molar-refractivity contribution in [3.63, 3.8) is 0 Å². The number of hydrogen-bond donors (Lipinski definition) is 2. The molecule has 2 N–H and O–H groups in total. The first-order valence-corrected chi connectivity index (χ1v) is 8.28. The summed E-state index contributed by atoms with van der Waals surface area (Å²) < 4.78 is 27.4. The van der Waals surface area contributed by atoms with Gasteiger partial charge in [-0.2, -0.15) is 5.26 Å². The largest absolute Gasteiger partial charge is 0.391 e. The van der Waals surface area contributed by atoms with Gasteiger partial charge in [-0.25, -0.2) is 13.1 Å². The number of rotatable bonds is 3. The van der Waals surface area contributed by atoms with Crippen molar-refractivity contribution in [1.82, 2.24) is 4.72 Å². The lowest BCUT2D eigenvalue weighted by atomic mass is 10.1. The van der Waals surface area contributed by atoms with Crippen LogP contribution in [0.15, 0.2) is 53.4 Å². The average Bonchev–Trinajstić information content (AvgIpc) is 2.83. The van der Waals surface area contributed by atoms with Crippen LogP contribution >= 0.6 is 0 Å². The van der Waals surface area contributed by atoms with Crippen LogP contribution in [-0.4, -0.2) is 19.6 Å². The first-order chi connectivity index (χ1) is 10.5. The minimum atomic E-state index is -3.76. The van der Waals surface area contributed by atoms with Crippen LogP contribution in [0.25, 0.3) is 0 Å². The van der Waals surface area contributed by atoms with Crippen molar-refractivity contribution in [3.05, 3.63) is 65.2 Å². The smallest absolute Gasteiger partial charge is 0.241 e. The van der Waals surface area contributed by atoms with Gasteiger partial charge in [-0.1, -0.05) is 24.3 Å². The standard InChI is InChI=1S/C16H14N2O3S/c17-10-11-5-7-13(8-6-11)22(20,21)18-16-14-4-2-1-3-12(14)9-15(16)19/h1-8,15-16,18-19H,9H2. The molecule has 0 fully saturated rings. The summed E-state index contributed by atoms with van der Waals surface area (Å²) in [6, 6.07) is 14.3. The summed E-state index contributed by atoms with van der Waals surface area (Å²) in [5, 5.41) is 18.9. The number of nitrogens with one attached hydrogen (secondary N) is 1. The molecule has 0 aromatic heterocycles. The average molecular weight is 314 g/mol. The van der Waals surface area contributed by atoms with Gasteiger partial charge in [0.25, 0.3) is 0 Å². The zero-order chi connectivity index (χ0) is 15.7. The van der Waals surface area contributed by atoms with Crippen molar-refractivity contribution >= 4 is 10.0 Å². The van der Waals surface area contributed by atoms with E-state index < -0.39 is 22.2 Å². The molecule has 0 saturated carbocycles. The summed E-state index contributed by atoms with van der Waals surface area (Å²) in [4.78, 5) is 0.0723. The molecule has 6 heteroatoms. The summed E-state index contributed by atoms with van der Waals surface area (Å²) in [7, 11) is -3.76. The molecule has 0 spiro atoms. The Morgan fingerprint density at radius 3 is 2.50 bits per heavy atom. The molecule has 5 nitrogen and oxygen atoms in total. The first-order valence-electron chi connectivity index (χ1n) is 6.79. The minimum Gasteiger partial charge on any atom is -0.391 e. The highest BCUT2D eigenvalue weighted by Crippen LogP contribution is 2.32. The minimum absolute atomic E-state index is 0.0723. The van der Waals surface area contributed by atoms with Gasteiger partial charge >= 0.3 is 0 Å². The number of nitrogens with zero attached hydrogens (tertiary/aromatic N) is 1. The monoisotopic (exact) mass is 314 g/mol. The topological polar surface area (TPSA) is 90.2 Å². The molecule has 1 aliphatic carbocycles.